The van der Waals surface area contributed by atoms with Crippen molar-refractivity contribution in [1.82, 2.24) is 9.97 Å². The molecule has 1 radical (unpaired) electrons. The summed E-state index contributed by atoms with van der Waals surface area (Å²) in [7, 11) is 3.16. The minimum atomic E-state index is 0.309. The molecular weight excluding hydrogens is 244 g/mol. The fraction of sp³-hybridized carbons (Fsp3) is 0.214. The van der Waals surface area contributed by atoms with Crippen LogP contribution in [0, 0.1) is 6.92 Å². The van der Waals surface area contributed by atoms with Crippen molar-refractivity contribution in [3.05, 3.63) is 48.8 Å². The van der Waals surface area contributed by atoms with Gasteiger partial charge < -0.3 is 14.2 Å². The van der Waals surface area contributed by atoms with Crippen molar-refractivity contribution in [3.63, 3.8) is 0 Å². The van der Waals surface area contributed by atoms with E-state index >= 15 is 0 Å². The number of ether oxygens (including phenoxy) is 3. The number of hydrogen-bond donors (Lipinski definition) is 0. The molecule has 0 aromatic carbocycles. The lowest BCUT2D eigenvalue weighted by atomic mass is 10.3. The monoisotopic (exact) mass is 259 g/mol. The summed E-state index contributed by atoms with van der Waals surface area (Å²) >= 11 is 0. The number of rotatable bonds is 5. The van der Waals surface area contributed by atoms with E-state index in [1.807, 2.05) is 12.1 Å². The number of methoxy groups -OCH3 is 2. The summed E-state index contributed by atoms with van der Waals surface area (Å²) in [5.74, 6) is 1.69. The van der Waals surface area contributed by atoms with Crippen LogP contribution < -0.4 is 14.2 Å². The Morgan fingerprint density at radius 2 is 1.95 bits per heavy atom. The third kappa shape index (κ3) is 3.34. The van der Waals surface area contributed by atoms with E-state index < -0.39 is 0 Å². The SMILES string of the molecule is [CH2]c1cnc(OCc2ccc(OC)cn2)c(OC)c1. The van der Waals surface area contributed by atoms with Gasteiger partial charge in [-0.05, 0) is 30.7 Å². The number of pyridine rings is 2. The second-order valence-corrected chi connectivity index (χ2v) is 3.83. The van der Waals surface area contributed by atoms with E-state index in [1.165, 1.54) is 0 Å². The maximum absolute atomic E-state index is 5.58. The van der Waals surface area contributed by atoms with Gasteiger partial charge in [0.05, 0.1) is 26.1 Å². The number of nitrogens with zero attached hydrogens (tertiary/aromatic N) is 2. The van der Waals surface area contributed by atoms with E-state index in [-0.39, 0.29) is 0 Å². The summed E-state index contributed by atoms with van der Waals surface area (Å²) < 4.78 is 15.8. The normalized spacial score (nSPS) is 10.1. The lowest BCUT2D eigenvalue weighted by molar-refractivity contribution is 0.268. The molecule has 0 N–H and O–H groups in total. The summed E-state index contributed by atoms with van der Waals surface area (Å²) in [5, 5.41) is 0. The molecule has 19 heavy (non-hydrogen) atoms. The highest BCUT2D eigenvalue weighted by Gasteiger charge is 2.07. The molecule has 2 heterocycles. The molecule has 2 aromatic rings. The molecule has 0 aliphatic rings. The summed E-state index contributed by atoms with van der Waals surface area (Å²) in [6.07, 6.45) is 3.27. The lowest BCUT2D eigenvalue weighted by Crippen LogP contribution is -2.01. The molecule has 2 rings (SSSR count). The first kappa shape index (κ1) is 13.1. The molecule has 0 saturated carbocycles. The molecule has 0 bridgehead atoms. The van der Waals surface area contributed by atoms with Gasteiger partial charge in [-0.2, -0.15) is 0 Å². The minimum Gasteiger partial charge on any atom is -0.495 e. The predicted octanol–water partition coefficient (Wildman–Crippen LogP) is 2.25. The molecule has 0 atom stereocenters. The van der Waals surface area contributed by atoms with Gasteiger partial charge in [0.25, 0.3) is 5.88 Å². The quantitative estimate of drug-likeness (QED) is 0.824. The molecule has 2 aromatic heterocycles. The van der Waals surface area contributed by atoms with Crippen molar-refractivity contribution in [2.24, 2.45) is 0 Å². The van der Waals surface area contributed by atoms with Crippen molar-refractivity contribution in [2.45, 2.75) is 6.61 Å². The Kier molecular flexibility index (Phi) is 4.18. The van der Waals surface area contributed by atoms with Crippen molar-refractivity contribution in [2.75, 3.05) is 14.2 Å². The molecule has 0 spiro atoms. The highest BCUT2D eigenvalue weighted by atomic mass is 16.5. The Bertz CT molecular complexity index is 541. The van der Waals surface area contributed by atoms with Gasteiger partial charge in [0.1, 0.15) is 12.4 Å². The second kappa shape index (κ2) is 6.04. The third-order valence-corrected chi connectivity index (χ3v) is 2.48. The smallest absolute Gasteiger partial charge is 0.257 e. The number of hydrogen-bond acceptors (Lipinski definition) is 5. The molecule has 0 amide bonds. The summed E-state index contributed by atoms with van der Waals surface area (Å²) in [4.78, 5) is 8.34. The summed E-state index contributed by atoms with van der Waals surface area (Å²) in [6, 6.07) is 5.43. The molecule has 99 valence electrons. The van der Waals surface area contributed by atoms with Gasteiger partial charge in [0, 0.05) is 6.20 Å². The fourth-order valence-corrected chi connectivity index (χ4v) is 1.49. The first-order chi connectivity index (χ1) is 9.22. The Morgan fingerprint density at radius 3 is 2.58 bits per heavy atom. The Balaban J connectivity index is 2.05. The van der Waals surface area contributed by atoms with Crippen molar-refractivity contribution in [3.8, 4) is 17.4 Å². The maximum Gasteiger partial charge on any atom is 0.257 e. The molecule has 0 unspecified atom stereocenters. The first-order valence-electron chi connectivity index (χ1n) is 5.70. The van der Waals surface area contributed by atoms with Gasteiger partial charge in [-0.25, -0.2) is 4.98 Å². The van der Waals surface area contributed by atoms with Gasteiger partial charge in [-0.15, -0.1) is 0 Å². The summed E-state index contributed by atoms with van der Waals surface area (Å²) in [5.41, 5.74) is 1.55. The highest BCUT2D eigenvalue weighted by Crippen LogP contribution is 2.25. The lowest BCUT2D eigenvalue weighted by Gasteiger charge is -2.09. The molecule has 5 heteroatoms. The van der Waals surface area contributed by atoms with E-state index in [1.54, 1.807) is 32.7 Å². The topological polar surface area (TPSA) is 53.5 Å². The molecule has 0 aliphatic carbocycles. The zero-order valence-corrected chi connectivity index (χ0v) is 10.9. The van der Waals surface area contributed by atoms with Gasteiger partial charge in [0.2, 0.25) is 0 Å². The Labute approximate surface area is 112 Å². The van der Waals surface area contributed by atoms with E-state index in [9.17, 15) is 0 Å². The van der Waals surface area contributed by atoms with Crippen LogP contribution in [0.3, 0.4) is 0 Å². The van der Waals surface area contributed by atoms with Gasteiger partial charge in [-0.1, -0.05) is 0 Å². The predicted molar refractivity (Wildman–Crippen MR) is 70.4 cm³/mol. The Morgan fingerprint density at radius 1 is 1.11 bits per heavy atom. The van der Waals surface area contributed by atoms with Crippen LogP contribution in [0.15, 0.2) is 30.6 Å². The van der Waals surface area contributed by atoms with Gasteiger partial charge in [0.15, 0.2) is 5.75 Å². The van der Waals surface area contributed by atoms with Crippen LogP contribution >= 0.6 is 0 Å². The fourth-order valence-electron chi connectivity index (χ4n) is 1.49. The third-order valence-electron chi connectivity index (χ3n) is 2.48. The summed E-state index contributed by atoms with van der Waals surface area (Å²) in [6.45, 7) is 4.09. The van der Waals surface area contributed by atoms with E-state index in [2.05, 4.69) is 16.9 Å². The average molecular weight is 259 g/mol. The first-order valence-corrected chi connectivity index (χ1v) is 5.70. The number of aromatic nitrogens is 2. The zero-order valence-electron chi connectivity index (χ0n) is 10.9. The largest absolute Gasteiger partial charge is 0.495 e. The molecule has 0 saturated heterocycles. The highest BCUT2D eigenvalue weighted by molar-refractivity contribution is 5.37. The Hall–Kier alpha value is -2.30. The van der Waals surface area contributed by atoms with E-state index in [4.69, 9.17) is 14.2 Å². The van der Waals surface area contributed by atoms with Gasteiger partial charge >= 0.3 is 0 Å². The zero-order chi connectivity index (χ0) is 13.7. The van der Waals surface area contributed by atoms with Crippen LogP contribution in [-0.2, 0) is 6.61 Å². The molecule has 5 nitrogen and oxygen atoms in total. The van der Waals surface area contributed by atoms with E-state index in [0.29, 0.717) is 24.0 Å². The van der Waals surface area contributed by atoms with Crippen molar-refractivity contribution in [1.29, 1.82) is 0 Å². The van der Waals surface area contributed by atoms with Crippen LogP contribution in [0.1, 0.15) is 11.3 Å². The van der Waals surface area contributed by atoms with Crippen LogP contribution in [-0.4, -0.2) is 24.2 Å². The van der Waals surface area contributed by atoms with Crippen LogP contribution in [0.25, 0.3) is 0 Å². The second-order valence-electron chi connectivity index (χ2n) is 3.83. The van der Waals surface area contributed by atoms with Crippen molar-refractivity contribution >= 4 is 0 Å². The molecule has 0 aliphatic heterocycles. The van der Waals surface area contributed by atoms with E-state index in [0.717, 1.165) is 11.3 Å². The van der Waals surface area contributed by atoms with Crippen LogP contribution in [0.5, 0.6) is 17.4 Å². The maximum atomic E-state index is 5.58. The minimum absolute atomic E-state index is 0.309. The molecule has 0 fully saturated rings. The van der Waals surface area contributed by atoms with Crippen LogP contribution in [0.4, 0.5) is 0 Å². The molecular formula is C14H15N2O3. The van der Waals surface area contributed by atoms with Crippen LogP contribution in [0.2, 0.25) is 0 Å². The average Bonchev–Trinajstić information content (AvgIpc) is 2.46. The standard InChI is InChI=1S/C14H15N2O3/c1-10-6-13(18-3)14(16-7-10)19-9-11-4-5-12(17-2)8-15-11/h4-8H,1,9H2,2-3H3. The van der Waals surface area contributed by atoms with Gasteiger partial charge in [-0.3, -0.25) is 4.98 Å². The van der Waals surface area contributed by atoms with Crippen molar-refractivity contribution < 1.29 is 14.2 Å².